The molecule has 0 N–H and O–H groups in total. The van der Waals surface area contributed by atoms with Gasteiger partial charge < -0.3 is 4.90 Å². The molecule has 2 rings (SSSR count). The molecule has 1 fully saturated rings. The number of rotatable bonds is 3. The average Bonchev–Trinajstić information content (AvgIpc) is 2.79. The van der Waals surface area contributed by atoms with E-state index in [2.05, 4.69) is 13.8 Å². The van der Waals surface area contributed by atoms with E-state index in [-0.39, 0.29) is 5.91 Å². The molecular formula is C15H20ClNO. The second-order valence-corrected chi connectivity index (χ2v) is 5.30. The standard InChI is InChI=1S/C15H20ClNO/c1-3-14-8-7-11(2)17(14)15(18)13-6-4-5-12(9-13)10-16/h4-6,9,11,14H,3,7-8,10H2,1-2H3. The molecule has 98 valence electrons. The lowest BCUT2D eigenvalue weighted by atomic mass is 10.1. The number of carbonyl (C=O) groups excluding carboxylic acids is 1. The topological polar surface area (TPSA) is 20.3 Å². The van der Waals surface area contributed by atoms with Gasteiger partial charge in [-0.1, -0.05) is 19.1 Å². The van der Waals surface area contributed by atoms with E-state index in [1.54, 1.807) is 0 Å². The first-order valence-electron chi connectivity index (χ1n) is 6.65. The zero-order chi connectivity index (χ0) is 13.1. The summed E-state index contributed by atoms with van der Waals surface area (Å²) in [4.78, 5) is 14.6. The molecule has 2 nitrogen and oxygen atoms in total. The van der Waals surface area contributed by atoms with Crippen LogP contribution in [0.4, 0.5) is 0 Å². The number of amides is 1. The van der Waals surface area contributed by atoms with Gasteiger partial charge in [-0.25, -0.2) is 0 Å². The molecule has 0 radical (unpaired) electrons. The van der Waals surface area contributed by atoms with Crippen LogP contribution >= 0.6 is 11.6 Å². The Morgan fingerprint density at radius 2 is 2.22 bits per heavy atom. The molecule has 1 aliphatic heterocycles. The number of benzene rings is 1. The molecular weight excluding hydrogens is 246 g/mol. The summed E-state index contributed by atoms with van der Waals surface area (Å²) in [5.41, 5.74) is 1.77. The van der Waals surface area contributed by atoms with Crippen LogP contribution in [0.3, 0.4) is 0 Å². The summed E-state index contributed by atoms with van der Waals surface area (Å²) < 4.78 is 0. The molecule has 3 heteroatoms. The van der Waals surface area contributed by atoms with Crippen LogP contribution in [0.2, 0.25) is 0 Å². The van der Waals surface area contributed by atoms with Gasteiger partial charge in [0.25, 0.3) is 5.91 Å². The monoisotopic (exact) mass is 265 g/mol. The molecule has 0 saturated carbocycles. The van der Waals surface area contributed by atoms with E-state index in [1.807, 2.05) is 29.2 Å². The van der Waals surface area contributed by atoms with Crippen LogP contribution in [0.5, 0.6) is 0 Å². The van der Waals surface area contributed by atoms with E-state index in [9.17, 15) is 4.79 Å². The SMILES string of the molecule is CCC1CCC(C)N1C(=O)c1cccc(CCl)c1. The summed E-state index contributed by atoms with van der Waals surface area (Å²) in [6, 6.07) is 8.40. The Morgan fingerprint density at radius 1 is 1.44 bits per heavy atom. The lowest BCUT2D eigenvalue weighted by molar-refractivity contribution is 0.0676. The van der Waals surface area contributed by atoms with E-state index in [0.717, 1.165) is 30.4 Å². The van der Waals surface area contributed by atoms with Gasteiger partial charge in [0.1, 0.15) is 0 Å². The Bertz CT molecular complexity index is 432. The normalized spacial score (nSPS) is 23.4. The van der Waals surface area contributed by atoms with Crippen molar-refractivity contribution in [2.75, 3.05) is 0 Å². The van der Waals surface area contributed by atoms with Crippen molar-refractivity contribution >= 4 is 17.5 Å². The zero-order valence-corrected chi connectivity index (χ0v) is 11.8. The number of hydrogen-bond donors (Lipinski definition) is 0. The highest BCUT2D eigenvalue weighted by atomic mass is 35.5. The summed E-state index contributed by atoms with van der Waals surface area (Å²) in [7, 11) is 0. The van der Waals surface area contributed by atoms with Gasteiger partial charge in [-0.2, -0.15) is 0 Å². The fraction of sp³-hybridized carbons (Fsp3) is 0.533. The molecule has 1 heterocycles. The molecule has 1 aliphatic rings. The largest absolute Gasteiger partial charge is 0.333 e. The molecule has 2 atom stereocenters. The summed E-state index contributed by atoms with van der Waals surface area (Å²) in [6.07, 6.45) is 3.27. The molecule has 2 unspecified atom stereocenters. The van der Waals surface area contributed by atoms with Crippen LogP contribution in [0.15, 0.2) is 24.3 Å². The maximum absolute atomic E-state index is 12.6. The maximum Gasteiger partial charge on any atom is 0.254 e. The predicted molar refractivity (Wildman–Crippen MR) is 74.9 cm³/mol. The molecule has 1 amide bonds. The second-order valence-electron chi connectivity index (χ2n) is 5.03. The van der Waals surface area contributed by atoms with Gasteiger partial charge >= 0.3 is 0 Å². The lowest BCUT2D eigenvalue weighted by Crippen LogP contribution is -2.39. The van der Waals surface area contributed by atoms with Crippen LogP contribution in [-0.4, -0.2) is 22.9 Å². The summed E-state index contributed by atoms with van der Waals surface area (Å²) in [6.45, 7) is 4.29. The van der Waals surface area contributed by atoms with Crippen molar-refractivity contribution < 1.29 is 4.79 Å². The predicted octanol–water partition coefficient (Wildman–Crippen LogP) is 3.83. The lowest BCUT2D eigenvalue weighted by Gasteiger charge is -2.28. The average molecular weight is 266 g/mol. The van der Waals surface area contributed by atoms with Crippen LogP contribution in [-0.2, 0) is 5.88 Å². The zero-order valence-electron chi connectivity index (χ0n) is 11.0. The minimum Gasteiger partial charge on any atom is -0.333 e. The number of nitrogens with zero attached hydrogens (tertiary/aromatic N) is 1. The van der Waals surface area contributed by atoms with Crippen LogP contribution in [0.1, 0.15) is 49.0 Å². The molecule has 1 saturated heterocycles. The molecule has 0 spiro atoms. The van der Waals surface area contributed by atoms with E-state index >= 15 is 0 Å². The molecule has 18 heavy (non-hydrogen) atoms. The third-order valence-electron chi connectivity index (χ3n) is 3.82. The van der Waals surface area contributed by atoms with Crippen molar-refractivity contribution in [2.45, 2.75) is 51.1 Å². The molecule has 0 aromatic heterocycles. The van der Waals surface area contributed by atoms with E-state index in [1.165, 1.54) is 0 Å². The maximum atomic E-state index is 12.6. The number of halogens is 1. The quantitative estimate of drug-likeness (QED) is 0.761. The smallest absolute Gasteiger partial charge is 0.254 e. The highest BCUT2D eigenvalue weighted by Gasteiger charge is 2.33. The number of alkyl halides is 1. The fourth-order valence-electron chi connectivity index (χ4n) is 2.78. The Balaban J connectivity index is 2.24. The highest BCUT2D eigenvalue weighted by molar-refractivity contribution is 6.17. The second kappa shape index (κ2) is 5.75. The molecule has 0 aliphatic carbocycles. The summed E-state index contributed by atoms with van der Waals surface area (Å²) in [5, 5.41) is 0. The Labute approximate surface area is 114 Å². The first-order valence-corrected chi connectivity index (χ1v) is 7.18. The van der Waals surface area contributed by atoms with Crippen LogP contribution in [0.25, 0.3) is 0 Å². The third kappa shape index (κ3) is 2.54. The van der Waals surface area contributed by atoms with Gasteiger partial charge in [-0.15, -0.1) is 11.6 Å². The van der Waals surface area contributed by atoms with E-state index in [4.69, 9.17) is 11.6 Å². The minimum absolute atomic E-state index is 0.152. The van der Waals surface area contributed by atoms with Gasteiger partial charge in [-0.3, -0.25) is 4.79 Å². The van der Waals surface area contributed by atoms with Crippen molar-refractivity contribution in [3.63, 3.8) is 0 Å². The van der Waals surface area contributed by atoms with Gasteiger partial charge in [0.2, 0.25) is 0 Å². The first kappa shape index (κ1) is 13.4. The van der Waals surface area contributed by atoms with Crippen molar-refractivity contribution in [3.05, 3.63) is 35.4 Å². The number of likely N-dealkylation sites (tertiary alicyclic amines) is 1. The van der Waals surface area contributed by atoms with Crippen LogP contribution in [0, 0.1) is 0 Å². The minimum atomic E-state index is 0.152. The Hall–Kier alpha value is -1.02. The van der Waals surface area contributed by atoms with Gasteiger partial charge in [0.05, 0.1) is 0 Å². The fourth-order valence-corrected chi connectivity index (χ4v) is 2.94. The highest BCUT2D eigenvalue weighted by Crippen LogP contribution is 2.28. The number of carbonyl (C=O) groups is 1. The third-order valence-corrected chi connectivity index (χ3v) is 4.13. The van der Waals surface area contributed by atoms with E-state index in [0.29, 0.717) is 18.0 Å². The summed E-state index contributed by atoms with van der Waals surface area (Å²) >= 11 is 5.82. The molecule has 0 bridgehead atoms. The van der Waals surface area contributed by atoms with Gasteiger partial charge in [0, 0.05) is 23.5 Å². The summed E-state index contributed by atoms with van der Waals surface area (Å²) in [5.74, 6) is 0.604. The molecule has 1 aromatic carbocycles. The Morgan fingerprint density at radius 3 is 2.89 bits per heavy atom. The van der Waals surface area contributed by atoms with Crippen molar-refractivity contribution in [1.82, 2.24) is 4.90 Å². The van der Waals surface area contributed by atoms with E-state index < -0.39 is 0 Å². The first-order chi connectivity index (χ1) is 8.67. The number of hydrogen-bond acceptors (Lipinski definition) is 1. The van der Waals surface area contributed by atoms with Crippen LogP contribution < -0.4 is 0 Å². The van der Waals surface area contributed by atoms with Gasteiger partial charge in [-0.05, 0) is 43.9 Å². The van der Waals surface area contributed by atoms with Gasteiger partial charge in [0.15, 0.2) is 0 Å². The van der Waals surface area contributed by atoms with Crippen molar-refractivity contribution in [3.8, 4) is 0 Å². The van der Waals surface area contributed by atoms with Crippen molar-refractivity contribution in [2.24, 2.45) is 0 Å². The molecule has 1 aromatic rings. The Kier molecular flexibility index (Phi) is 4.28. The van der Waals surface area contributed by atoms with Crippen molar-refractivity contribution in [1.29, 1.82) is 0 Å².